The number of para-hydroxylation sites is 1. The third-order valence-electron chi connectivity index (χ3n) is 7.57. The van der Waals surface area contributed by atoms with Crippen LogP contribution in [0.15, 0.2) is 65.6 Å². The van der Waals surface area contributed by atoms with E-state index in [1.165, 1.54) is 53.3 Å². The number of carbonyl (C=O) groups is 2. The van der Waals surface area contributed by atoms with Gasteiger partial charge in [0.15, 0.2) is 5.54 Å². The molecule has 0 radical (unpaired) electrons. The fraction of sp³-hybridized carbons (Fsp3) is 0.276. The second-order valence-electron chi connectivity index (χ2n) is 10.2. The summed E-state index contributed by atoms with van der Waals surface area (Å²) in [6.45, 7) is -0.153. The summed E-state index contributed by atoms with van der Waals surface area (Å²) in [5.74, 6) is -1.11. The van der Waals surface area contributed by atoms with Crippen molar-refractivity contribution in [3.8, 4) is 11.8 Å². The maximum Gasteiger partial charge on any atom is 0.272 e. The highest BCUT2D eigenvalue weighted by molar-refractivity contribution is 7.93. The smallest absolute Gasteiger partial charge is 0.272 e. The number of hydrogen-bond acceptors (Lipinski definition) is 8. The van der Waals surface area contributed by atoms with Gasteiger partial charge in [-0.05, 0) is 48.9 Å². The number of amides is 2. The van der Waals surface area contributed by atoms with E-state index in [-0.39, 0.29) is 56.0 Å². The van der Waals surface area contributed by atoms with Crippen molar-refractivity contribution >= 4 is 50.7 Å². The normalized spacial score (nSPS) is 22.1. The third kappa shape index (κ3) is 4.42. The summed E-state index contributed by atoms with van der Waals surface area (Å²) in [5, 5.41) is 20.7. The van der Waals surface area contributed by atoms with Crippen molar-refractivity contribution in [2.75, 3.05) is 32.1 Å². The number of fused-ring (bicyclic) bond motifs is 1. The molecule has 3 unspecified atom stereocenters. The van der Waals surface area contributed by atoms with Crippen LogP contribution < -0.4 is 9.04 Å². The highest BCUT2D eigenvalue weighted by Gasteiger charge is 2.64. The Kier molecular flexibility index (Phi) is 7.72. The van der Waals surface area contributed by atoms with Gasteiger partial charge in [0.1, 0.15) is 10.6 Å². The van der Waals surface area contributed by atoms with Crippen LogP contribution in [-0.2, 0) is 25.2 Å². The summed E-state index contributed by atoms with van der Waals surface area (Å²) in [4.78, 5) is 31.1. The first-order chi connectivity index (χ1) is 19.9. The molecule has 218 valence electrons. The average Bonchev–Trinajstić information content (AvgIpc) is 3.46. The average molecular weight is 630 g/mol. The second-order valence-corrected chi connectivity index (χ2v) is 12.8. The number of likely N-dealkylation sites (N-methyl/N-ethyl adjacent to an activating group) is 1. The van der Waals surface area contributed by atoms with Gasteiger partial charge in [0.2, 0.25) is 5.91 Å². The maximum atomic E-state index is 15.1. The van der Waals surface area contributed by atoms with Crippen LogP contribution >= 0.6 is 23.2 Å². The molecule has 0 saturated carbocycles. The van der Waals surface area contributed by atoms with E-state index in [0.29, 0.717) is 4.31 Å². The number of aliphatic hydroxyl groups is 1. The third-order valence-corrected chi connectivity index (χ3v) is 9.99. The first-order valence-corrected chi connectivity index (χ1v) is 15.0. The van der Waals surface area contributed by atoms with Crippen molar-refractivity contribution in [1.29, 1.82) is 5.26 Å². The number of nitrogens with zero attached hydrogens (tertiary/aromatic N) is 4. The quantitative estimate of drug-likeness (QED) is 0.439. The van der Waals surface area contributed by atoms with Gasteiger partial charge in [0, 0.05) is 36.8 Å². The first-order valence-electron chi connectivity index (χ1n) is 12.8. The lowest BCUT2D eigenvalue weighted by Gasteiger charge is -2.42. The van der Waals surface area contributed by atoms with E-state index in [1.54, 1.807) is 38.4 Å². The number of methoxy groups -OCH3 is 1. The summed E-state index contributed by atoms with van der Waals surface area (Å²) in [6, 6.07) is 15.6. The summed E-state index contributed by atoms with van der Waals surface area (Å²) in [7, 11) is -0.166. The highest BCUT2D eigenvalue weighted by atomic mass is 35.5. The van der Waals surface area contributed by atoms with E-state index < -0.39 is 39.5 Å². The van der Waals surface area contributed by atoms with E-state index in [9.17, 15) is 23.6 Å². The molecule has 0 aromatic heterocycles. The Balaban J connectivity index is 1.90. The minimum absolute atomic E-state index is 0.00969. The molecule has 1 saturated heterocycles. The van der Waals surface area contributed by atoms with E-state index in [4.69, 9.17) is 27.9 Å². The lowest BCUT2D eigenvalue weighted by atomic mass is 9.80. The molecule has 13 heteroatoms. The summed E-state index contributed by atoms with van der Waals surface area (Å²) >= 11 is 12.4. The van der Waals surface area contributed by atoms with Crippen LogP contribution in [0.1, 0.15) is 23.1 Å². The predicted octanol–water partition coefficient (Wildman–Crippen LogP) is 3.38. The van der Waals surface area contributed by atoms with E-state index in [2.05, 4.69) is 6.07 Å². The lowest BCUT2D eigenvalue weighted by Crippen LogP contribution is -2.59. The van der Waals surface area contributed by atoms with Crippen LogP contribution in [-0.4, -0.2) is 75.0 Å². The number of ether oxygens (including phenoxy) is 1. The molecule has 0 bridgehead atoms. The van der Waals surface area contributed by atoms with Gasteiger partial charge in [-0.15, -0.1) is 0 Å². The molecule has 1 N–H and O–H groups in total. The van der Waals surface area contributed by atoms with Gasteiger partial charge in [-0.2, -0.15) is 5.26 Å². The van der Waals surface area contributed by atoms with E-state index >= 15 is 4.79 Å². The molecule has 2 aliphatic rings. The molecule has 10 nitrogen and oxygen atoms in total. The van der Waals surface area contributed by atoms with Gasteiger partial charge in [0.25, 0.3) is 15.9 Å². The minimum atomic E-state index is -4.68. The van der Waals surface area contributed by atoms with E-state index in [1.807, 2.05) is 0 Å². The van der Waals surface area contributed by atoms with Crippen molar-refractivity contribution in [3.05, 3.63) is 87.4 Å². The van der Waals surface area contributed by atoms with E-state index in [0.717, 1.165) is 0 Å². The number of benzene rings is 3. The van der Waals surface area contributed by atoms with Crippen molar-refractivity contribution < 1.29 is 27.9 Å². The topological polar surface area (TPSA) is 131 Å². The Morgan fingerprint density at radius 3 is 2.48 bits per heavy atom. The van der Waals surface area contributed by atoms with Gasteiger partial charge in [-0.1, -0.05) is 41.4 Å². The molecule has 42 heavy (non-hydrogen) atoms. The Morgan fingerprint density at radius 2 is 1.83 bits per heavy atom. The maximum absolute atomic E-state index is 15.1. The number of sulfonamides is 1. The first kappa shape index (κ1) is 29.8. The van der Waals surface area contributed by atoms with Crippen molar-refractivity contribution in [2.45, 2.75) is 29.0 Å². The standard InChI is InChI=1S/C29H26Cl2N4O6S/c1-33(2)27(37)24-14-19(36)16-34(24)29(20-6-4-5-7-25(20)41-3)21-12-17(15-32)8-10-23(21)35(28(29)38)42(39,40)26-11-9-18(30)13-22(26)31/h4-13,19,24,36H,14,16H2,1-3H3. The predicted molar refractivity (Wildman–Crippen MR) is 156 cm³/mol. The van der Waals surface area contributed by atoms with Crippen LogP contribution in [0.2, 0.25) is 10.0 Å². The number of aliphatic hydroxyl groups excluding tert-OH is 1. The zero-order chi connectivity index (χ0) is 30.6. The zero-order valence-corrected chi connectivity index (χ0v) is 25.1. The number of halogens is 2. The molecule has 3 atom stereocenters. The fourth-order valence-electron chi connectivity index (χ4n) is 5.82. The molecule has 0 spiro atoms. The summed E-state index contributed by atoms with van der Waals surface area (Å²) < 4.78 is 34.9. The molecule has 5 rings (SSSR count). The molecule has 3 aromatic rings. The second kappa shape index (κ2) is 10.9. The largest absolute Gasteiger partial charge is 0.496 e. The number of carbonyl (C=O) groups excluding carboxylic acids is 2. The van der Waals surface area contributed by atoms with Crippen molar-refractivity contribution in [1.82, 2.24) is 9.80 Å². The van der Waals surface area contributed by atoms with Crippen LogP contribution in [0.25, 0.3) is 0 Å². The fourth-order valence-corrected chi connectivity index (χ4v) is 8.03. The molecule has 0 aliphatic carbocycles. The monoisotopic (exact) mass is 628 g/mol. The van der Waals surface area contributed by atoms with Crippen molar-refractivity contribution in [2.24, 2.45) is 0 Å². The SMILES string of the molecule is COc1ccccc1C1(N2CC(O)CC2C(=O)N(C)C)C(=O)N(S(=O)(=O)c2ccc(Cl)cc2Cl)c2ccc(C#N)cc21. The minimum Gasteiger partial charge on any atom is -0.496 e. The number of anilines is 1. The summed E-state index contributed by atoms with van der Waals surface area (Å²) in [6.07, 6.45) is -1.03. The van der Waals surface area contributed by atoms with Gasteiger partial charge >= 0.3 is 0 Å². The van der Waals surface area contributed by atoms with Crippen LogP contribution in [0.5, 0.6) is 5.75 Å². The molecule has 1 fully saturated rings. The number of rotatable bonds is 6. The van der Waals surface area contributed by atoms with Crippen LogP contribution in [0, 0.1) is 11.3 Å². The molecule has 2 aliphatic heterocycles. The number of nitriles is 1. The number of likely N-dealkylation sites (tertiary alicyclic amines) is 1. The zero-order valence-electron chi connectivity index (χ0n) is 22.8. The molecule has 2 amide bonds. The summed E-state index contributed by atoms with van der Waals surface area (Å²) in [5.41, 5.74) is -1.52. The van der Waals surface area contributed by atoms with Gasteiger partial charge in [-0.3, -0.25) is 14.5 Å². The molecular weight excluding hydrogens is 603 g/mol. The Labute approximate surface area is 253 Å². The highest BCUT2D eigenvalue weighted by Crippen LogP contribution is 2.54. The van der Waals surface area contributed by atoms with Gasteiger partial charge in [0.05, 0.1) is 41.6 Å². The van der Waals surface area contributed by atoms with Crippen molar-refractivity contribution in [3.63, 3.8) is 0 Å². The molecular formula is C29H26Cl2N4O6S. The lowest BCUT2D eigenvalue weighted by molar-refractivity contribution is -0.138. The Hall–Kier alpha value is -3.66. The molecule has 2 heterocycles. The number of hydrogen-bond donors (Lipinski definition) is 1. The molecule has 3 aromatic carbocycles. The van der Waals surface area contributed by atoms with Crippen LogP contribution in [0.4, 0.5) is 5.69 Å². The van der Waals surface area contributed by atoms with Gasteiger partial charge in [-0.25, -0.2) is 12.7 Å². The van der Waals surface area contributed by atoms with Crippen LogP contribution in [0.3, 0.4) is 0 Å². The number of β-amino-alcohol motifs (C(OH)–C–C–N with tert-alkyl or cyclic N) is 1. The Morgan fingerprint density at radius 1 is 1.12 bits per heavy atom. The van der Waals surface area contributed by atoms with Gasteiger partial charge < -0.3 is 14.7 Å². The Bertz CT molecular complexity index is 1760.